The van der Waals surface area contributed by atoms with E-state index in [9.17, 15) is 4.79 Å². The van der Waals surface area contributed by atoms with Gasteiger partial charge in [-0.2, -0.15) is 0 Å². The minimum absolute atomic E-state index is 0.0797. The van der Waals surface area contributed by atoms with Crippen LogP contribution in [0.5, 0.6) is 0 Å². The van der Waals surface area contributed by atoms with Gasteiger partial charge in [0, 0.05) is 0 Å². The van der Waals surface area contributed by atoms with Gasteiger partial charge in [0.1, 0.15) is 0 Å². The molecule has 26 heavy (non-hydrogen) atoms. The molecule has 2 aromatic rings. The summed E-state index contributed by atoms with van der Waals surface area (Å²) in [6, 6.07) is 13.0. The molecule has 0 aromatic heterocycles. The fourth-order valence-corrected chi connectivity index (χ4v) is 3.73. The van der Waals surface area contributed by atoms with Crippen LogP contribution in [0.4, 0.5) is 5.69 Å². The van der Waals surface area contributed by atoms with E-state index in [1.165, 1.54) is 10.5 Å². The van der Waals surface area contributed by atoms with Crippen molar-refractivity contribution in [2.75, 3.05) is 4.90 Å². The molecule has 1 heterocycles. The average molecular weight is 405 g/mol. The molecule has 1 aliphatic rings. The summed E-state index contributed by atoms with van der Waals surface area (Å²) in [6.45, 7) is 6.48. The number of amidine groups is 1. The van der Waals surface area contributed by atoms with Crippen LogP contribution in [0.25, 0.3) is 6.08 Å². The summed E-state index contributed by atoms with van der Waals surface area (Å²) < 4.78 is 0. The summed E-state index contributed by atoms with van der Waals surface area (Å²) in [5.74, 6) is -0.238. The first-order valence-corrected chi connectivity index (χ1v) is 9.62. The van der Waals surface area contributed by atoms with Crippen LogP contribution in [0, 0.1) is 5.41 Å². The Hall–Kier alpha value is -1.75. The molecule has 1 fully saturated rings. The quantitative estimate of drug-likeness (QED) is 0.592. The van der Waals surface area contributed by atoms with E-state index in [4.69, 9.17) is 28.6 Å². The lowest BCUT2D eigenvalue weighted by atomic mass is 9.87. The molecule has 0 bridgehead atoms. The molecule has 3 nitrogen and oxygen atoms in total. The SMILES string of the molecule is CC(C)(C)c1ccc(/C=C2\SC(=N)N(c3ccc(Cl)c(Cl)c3)C2=O)cc1. The van der Waals surface area contributed by atoms with Gasteiger partial charge in [-0.05, 0) is 52.6 Å². The number of hydrogen-bond donors (Lipinski definition) is 1. The van der Waals surface area contributed by atoms with Gasteiger partial charge in [0.25, 0.3) is 5.91 Å². The molecule has 0 unspecified atom stereocenters. The highest BCUT2D eigenvalue weighted by molar-refractivity contribution is 8.19. The van der Waals surface area contributed by atoms with Crippen LogP contribution >= 0.6 is 35.0 Å². The van der Waals surface area contributed by atoms with Gasteiger partial charge in [0.05, 0.1) is 20.6 Å². The van der Waals surface area contributed by atoms with E-state index in [2.05, 4.69) is 32.9 Å². The van der Waals surface area contributed by atoms with Gasteiger partial charge in [0.2, 0.25) is 0 Å². The molecular weight excluding hydrogens is 387 g/mol. The highest BCUT2D eigenvalue weighted by Crippen LogP contribution is 2.37. The molecule has 1 saturated heterocycles. The van der Waals surface area contributed by atoms with Crippen molar-refractivity contribution in [1.82, 2.24) is 0 Å². The van der Waals surface area contributed by atoms with Crippen molar-refractivity contribution in [3.63, 3.8) is 0 Å². The molecule has 3 rings (SSSR count). The molecule has 134 valence electrons. The summed E-state index contributed by atoms with van der Waals surface area (Å²) in [7, 11) is 0. The number of anilines is 1. The van der Waals surface area contributed by atoms with E-state index in [0.29, 0.717) is 20.6 Å². The first-order chi connectivity index (χ1) is 12.2. The van der Waals surface area contributed by atoms with Crippen molar-refractivity contribution < 1.29 is 4.79 Å². The van der Waals surface area contributed by atoms with E-state index in [0.717, 1.165) is 17.3 Å². The van der Waals surface area contributed by atoms with Gasteiger partial charge >= 0.3 is 0 Å². The van der Waals surface area contributed by atoms with Crippen LogP contribution in [0.1, 0.15) is 31.9 Å². The van der Waals surface area contributed by atoms with E-state index in [1.807, 2.05) is 18.2 Å². The van der Waals surface area contributed by atoms with Crippen molar-refractivity contribution in [1.29, 1.82) is 5.41 Å². The molecule has 1 amide bonds. The minimum Gasteiger partial charge on any atom is -0.278 e. The molecule has 6 heteroatoms. The minimum atomic E-state index is -0.238. The van der Waals surface area contributed by atoms with Crippen molar-refractivity contribution in [3.8, 4) is 0 Å². The average Bonchev–Trinajstić information content (AvgIpc) is 2.84. The highest BCUT2D eigenvalue weighted by Gasteiger charge is 2.33. The van der Waals surface area contributed by atoms with Crippen LogP contribution in [-0.2, 0) is 10.2 Å². The summed E-state index contributed by atoms with van der Waals surface area (Å²) in [4.78, 5) is 14.6. The Kier molecular flexibility index (Phi) is 5.20. The predicted octanol–water partition coefficient (Wildman–Crippen LogP) is 6.35. The first-order valence-electron chi connectivity index (χ1n) is 8.05. The number of benzene rings is 2. The van der Waals surface area contributed by atoms with Gasteiger partial charge in [0.15, 0.2) is 5.17 Å². The maximum Gasteiger partial charge on any atom is 0.271 e. The zero-order chi connectivity index (χ0) is 19.1. The van der Waals surface area contributed by atoms with Crippen molar-refractivity contribution in [3.05, 3.63) is 68.5 Å². The number of nitrogens with zero attached hydrogens (tertiary/aromatic N) is 1. The number of rotatable bonds is 2. The smallest absolute Gasteiger partial charge is 0.271 e. The lowest BCUT2D eigenvalue weighted by Gasteiger charge is -2.18. The topological polar surface area (TPSA) is 44.2 Å². The van der Waals surface area contributed by atoms with Gasteiger partial charge in [-0.15, -0.1) is 0 Å². The second kappa shape index (κ2) is 7.10. The zero-order valence-corrected chi connectivity index (χ0v) is 17.0. The predicted molar refractivity (Wildman–Crippen MR) is 112 cm³/mol. The highest BCUT2D eigenvalue weighted by atomic mass is 35.5. The largest absolute Gasteiger partial charge is 0.278 e. The van der Waals surface area contributed by atoms with Crippen molar-refractivity contribution >= 4 is 57.8 Å². The van der Waals surface area contributed by atoms with Gasteiger partial charge in [-0.25, -0.2) is 0 Å². The van der Waals surface area contributed by atoms with E-state index in [-0.39, 0.29) is 16.5 Å². The lowest BCUT2D eigenvalue weighted by molar-refractivity contribution is -0.113. The number of halogens is 2. The Morgan fingerprint density at radius 2 is 1.69 bits per heavy atom. The van der Waals surface area contributed by atoms with E-state index < -0.39 is 0 Å². The number of amides is 1. The van der Waals surface area contributed by atoms with Crippen molar-refractivity contribution in [2.24, 2.45) is 0 Å². The van der Waals surface area contributed by atoms with Crippen LogP contribution in [0.15, 0.2) is 47.4 Å². The standard InChI is InChI=1S/C20H18Cl2N2OS/c1-20(2,3)13-6-4-12(5-7-13)10-17-18(25)24(19(23)26-17)14-8-9-15(21)16(22)11-14/h4-11,23H,1-3H3/b17-10-,23-19?. The summed E-state index contributed by atoms with van der Waals surface area (Å²) in [5, 5.41) is 9.07. The van der Waals surface area contributed by atoms with Crippen LogP contribution in [-0.4, -0.2) is 11.1 Å². The number of carbonyl (C=O) groups excluding carboxylic acids is 1. The third kappa shape index (κ3) is 3.83. The van der Waals surface area contributed by atoms with E-state index in [1.54, 1.807) is 18.2 Å². The molecule has 0 atom stereocenters. The Morgan fingerprint density at radius 3 is 2.27 bits per heavy atom. The summed E-state index contributed by atoms with van der Waals surface area (Å²) >= 11 is 13.1. The number of thioether (sulfide) groups is 1. The second-order valence-electron chi connectivity index (χ2n) is 7.03. The van der Waals surface area contributed by atoms with Crippen molar-refractivity contribution in [2.45, 2.75) is 26.2 Å². The molecular formula is C20H18Cl2N2OS. The third-order valence-electron chi connectivity index (χ3n) is 4.06. The Labute approximate surface area is 167 Å². The van der Waals surface area contributed by atoms with Crippen LogP contribution in [0.2, 0.25) is 10.0 Å². The summed E-state index contributed by atoms with van der Waals surface area (Å²) in [5.41, 5.74) is 2.78. The summed E-state index contributed by atoms with van der Waals surface area (Å²) in [6.07, 6.45) is 1.81. The van der Waals surface area contributed by atoms with Gasteiger partial charge in [-0.3, -0.25) is 15.1 Å². The Bertz CT molecular complexity index is 914. The molecule has 1 aliphatic heterocycles. The first kappa shape index (κ1) is 19.0. The molecule has 0 saturated carbocycles. The lowest BCUT2D eigenvalue weighted by Crippen LogP contribution is -2.28. The van der Waals surface area contributed by atoms with Crippen LogP contribution in [0.3, 0.4) is 0 Å². The normalized spacial score (nSPS) is 16.7. The number of hydrogen-bond acceptors (Lipinski definition) is 3. The van der Waals surface area contributed by atoms with E-state index >= 15 is 0 Å². The molecule has 0 aliphatic carbocycles. The van der Waals surface area contributed by atoms with Gasteiger partial charge < -0.3 is 0 Å². The maximum atomic E-state index is 12.8. The maximum absolute atomic E-state index is 12.8. The monoisotopic (exact) mass is 404 g/mol. The Balaban J connectivity index is 1.88. The fraction of sp³-hybridized carbons (Fsp3) is 0.200. The molecule has 0 spiro atoms. The number of nitrogens with one attached hydrogen (secondary N) is 1. The number of carbonyl (C=O) groups is 1. The molecule has 0 radical (unpaired) electrons. The molecule has 1 N–H and O–H groups in total. The Morgan fingerprint density at radius 1 is 1.04 bits per heavy atom. The second-order valence-corrected chi connectivity index (χ2v) is 8.87. The molecule has 2 aromatic carbocycles. The van der Waals surface area contributed by atoms with Crippen LogP contribution < -0.4 is 4.90 Å². The third-order valence-corrected chi connectivity index (χ3v) is 5.69. The van der Waals surface area contributed by atoms with Gasteiger partial charge in [-0.1, -0.05) is 68.2 Å². The fourth-order valence-electron chi connectivity index (χ4n) is 2.58. The zero-order valence-electron chi connectivity index (χ0n) is 14.6.